The zero-order valence-corrected chi connectivity index (χ0v) is 20.6. The van der Waals surface area contributed by atoms with Gasteiger partial charge in [0.15, 0.2) is 11.5 Å². The smallest absolute Gasteiger partial charge is 0.209 e. The van der Waals surface area contributed by atoms with Gasteiger partial charge >= 0.3 is 0 Å². The van der Waals surface area contributed by atoms with Gasteiger partial charge in [-0.3, -0.25) is 0 Å². The monoisotopic (exact) mass is 448 g/mol. The minimum absolute atomic E-state index is 0.110. The zero-order valence-electron chi connectivity index (χ0n) is 20.6. The van der Waals surface area contributed by atoms with Crippen molar-refractivity contribution in [3.8, 4) is 11.5 Å². The molecule has 0 fully saturated rings. The molecule has 0 saturated heterocycles. The molecule has 180 valence electrons. The molecule has 0 amide bonds. The van der Waals surface area contributed by atoms with Crippen LogP contribution in [-0.4, -0.2) is 65.0 Å². The van der Waals surface area contributed by atoms with Crippen LogP contribution in [0.5, 0.6) is 11.5 Å². The summed E-state index contributed by atoms with van der Waals surface area (Å²) in [5.74, 6) is 3.80. The third kappa shape index (κ3) is 8.01. The van der Waals surface area contributed by atoms with Crippen molar-refractivity contribution >= 4 is 11.8 Å². The summed E-state index contributed by atoms with van der Waals surface area (Å²) >= 11 is 0. The summed E-state index contributed by atoms with van der Waals surface area (Å²) in [6, 6.07) is 6.08. The Labute approximate surface area is 193 Å². The van der Waals surface area contributed by atoms with E-state index in [0.717, 1.165) is 36.7 Å². The highest BCUT2D eigenvalue weighted by Gasteiger charge is 2.28. The van der Waals surface area contributed by atoms with Crippen molar-refractivity contribution in [2.75, 3.05) is 47.2 Å². The number of methoxy groups -OCH3 is 2. The SMILES string of the molecule is CCOC1=N[C@@H](C[C@@H](Cc2ccc(OC)c(OCCCOC)c2)C(C)C)C(OCC)=NC1. The number of hydrogen-bond donors (Lipinski definition) is 0. The van der Waals surface area contributed by atoms with Crippen LogP contribution in [0.2, 0.25) is 0 Å². The van der Waals surface area contributed by atoms with E-state index in [-0.39, 0.29) is 6.04 Å². The van der Waals surface area contributed by atoms with E-state index in [4.69, 9.17) is 28.7 Å². The van der Waals surface area contributed by atoms with Crippen molar-refractivity contribution in [2.24, 2.45) is 21.8 Å². The first kappa shape index (κ1) is 26.0. The van der Waals surface area contributed by atoms with Crippen molar-refractivity contribution in [1.29, 1.82) is 0 Å². The molecule has 2 rings (SSSR count). The second kappa shape index (κ2) is 14.0. The van der Waals surface area contributed by atoms with E-state index in [2.05, 4.69) is 31.0 Å². The van der Waals surface area contributed by atoms with Gasteiger partial charge in [-0.1, -0.05) is 19.9 Å². The Morgan fingerprint density at radius 3 is 2.44 bits per heavy atom. The van der Waals surface area contributed by atoms with Crippen LogP contribution in [0.3, 0.4) is 0 Å². The van der Waals surface area contributed by atoms with E-state index in [0.29, 0.717) is 50.7 Å². The highest BCUT2D eigenvalue weighted by molar-refractivity contribution is 5.91. The first-order valence-corrected chi connectivity index (χ1v) is 11.7. The molecule has 0 spiro atoms. The summed E-state index contributed by atoms with van der Waals surface area (Å²) in [7, 11) is 3.36. The topological polar surface area (TPSA) is 70.9 Å². The quantitative estimate of drug-likeness (QED) is 0.414. The fourth-order valence-corrected chi connectivity index (χ4v) is 3.74. The highest BCUT2D eigenvalue weighted by Crippen LogP contribution is 2.32. The molecule has 2 atom stereocenters. The Kier molecular flexibility index (Phi) is 11.4. The maximum absolute atomic E-state index is 5.97. The third-order valence-electron chi connectivity index (χ3n) is 5.50. The summed E-state index contributed by atoms with van der Waals surface area (Å²) < 4.78 is 28.0. The molecular weight excluding hydrogens is 408 g/mol. The molecule has 0 bridgehead atoms. The lowest BCUT2D eigenvalue weighted by atomic mass is 9.84. The van der Waals surface area contributed by atoms with Crippen LogP contribution in [0.4, 0.5) is 0 Å². The largest absolute Gasteiger partial charge is 0.493 e. The van der Waals surface area contributed by atoms with Crippen LogP contribution in [0, 0.1) is 11.8 Å². The van der Waals surface area contributed by atoms with Gasteiger partial charge in [-0.2, -0.15) is 0 Å². The second-order valence-electron chi connectivity index (χ2n) is 8.18. The molecule has 1 aromatic carbocycles. The molecule has 1 aliphatic heterocycles. The van der Waals surface area contributed by atoms with Gasteiger partial charge in [0.25, 0.3) is 0 Å². The normalized spacial score (nSPS) is 16.9. The highest BCUT2D eigenvalue weighted by atomic mass is 16.5. The lowest BCUT2D eigenvalue weighted by Gasteiger charge is -2.27. The Balaban J connectivity index is 2.14. The summed E-state index contributed by atoms with van der Waals surface area (Å²) in [5, 5.41) is 0. The van der Waals surface area contributed by atoms with Crippen molar-refractivity contribution in [3.63, 3.8) is 0 Å². The molecule has 1 heterocycles. The molecule has 1 aliphatic rings. The van der Waals surface area contributed by atoms with E-state index in [9.17, 15) is 0 Å². The van der Waals surface area contributed by atoms with E-state index in [1.165, 1.54) is 5.56 Å². The maximum atomic E-state index is 5.97. The molecule has 0 aromatic heterocycles. The number of rotatable bonds is 13. The predicted octanol–water partition coefficient (Wildman–Crippen LogP) is 4.57. The van der Waals surface area contributed by atoms with Gasteiger partial charge < -0.3 is 23.7 Å². The number of aliphatic imine (C=N–C) groups is 2. The summed E-state index contributed by atoms with van der Waals surface area (Å²) in [6.07, 6.45) is 2.59. The molecule has 7 heteroatoms. The Morgan fingerprint density at radius 2 is 1.78 bits per heavy atom. The van der Waals surface area contributed by atoms with Gasteiger partial charge in [0.2, 0.25) is 11.8 Å². The number of benzene rings is 1. The average molecular weight is 449 g/mol. The summed E-state index contributed by atoms with van der Waals surface area (Å²) in [4.78, 5) is 9.42. The fraction of sp³-hybridized carbons (Fsp3) is 0.680. The van der Waals surface area contributed by atoms with E-state index in [1.807, 2.05) is 19.9 Å². The predicted molar refractivity (Wildman–Crippen MR) is 128 cm³/mol. The van der Waals surface area contributed by atoms with Crippen LogP contribution in [0.25, 0.3) is 0 Å². The molecule has 0 N–H and O–H groups in total. The Hall–Kier alpha value is -2.28. The summed E-state index contributed by atoms with van der Waals surface area (Å²) in [6.45, 7) is 11.4. The third-order valence-corrected chi connectivity index (χ3v) is 5.50. The fourth-order valence-electron chi connectivity index (χ4n) is 3.74. The van der Waals surface area contributed by atoms with Gasteiger partial charge in [0, 0.05) is 20.1 Å². The zero-order chi connectivity index (χ0) is 23.3. The van der Waals surface area contributed by atoms with Crippen molar-refractivity contribution in [1.82, 2.24) is 0 Å². The lowest BCUT2D eigenvalue weighted by molar-refractivity contribution is 0.170. The minimum atomic E-state index is -0.110. The minimum Gasteiger partial charge on any atom is -0.493 e. The molecule has 7 nitrogen and oxygen atoms in total. The van der Waals surface area contributed by atoms with Crippen LogP contribution in [-0.2, 0) is 20.6 Å². The Morgan fingerprint density at radius 1 is 1.00 bits per heavy atom. The van der Waals surface area contributed by atoms with E-state index in [1.54, 1.807) is 14.2 Å². The van der Waals surface area contributed by atoms with Gasteiger partial charge in [0.1, 0.15) is 12.6 Å². The van der Waals surface area contributed by atoms with Gasteiger partial charge in [-0.15, -0.1) is 0 Å². The van der Waals surface area contributed by atoms with Crippen molar-refractivity contribution < 1.29 is 23.7 Å². The molecule has 0 unspecified atom stereocenters. The van der Waals surface area contributed by atoms with Crippen molar-refractivity contribution in [2.45, 2.75) is 53.0 Å². The lowest BCUT2D eigenvalue weighted by Crippen LogP contribution is -2.33. The first-order valence-electron chi connectivity index (χ1n) is 11.7. The average Bonchev–Trinajstić information content (AvgIpc) is 2.78. The van der Waals surface area contributed by atoms with Gasteiger partial charge in [-0.05, 0) is 56.2 Å². The molecule has 32 heavy (non-hydrogen) atoms. The van der Waals surface area contributed by atoms with Crippen molar-refractivity contribution in [3.05, 3.63) is 23.8 Å². The summed E-state index contributed by atoms with van der Waals surface area (Å²) in [5.41, 5.74) is 1.21. The van der Waals surface area contributed by atoms with E-state index >= 15 is 0 Å². The maximum Gasteiger partial charge on any atom is 0.209 e. The van der Waals surface area contributed by atoms with Crippen LogP contribution in [0.1, 0.15) is 46.1 Å². The van der Waals surface area contributed by atoms with Gasteiger partial charge in [0.05, 0.1) is 26.9 Å². The molecular formula is C25H40N2O5. The first-order chi connectivity index (χ1) is 15.5. The standard InChI is InChI=1S/C25H40N2O5/c1-7-30-24-17-26-25(31-8-2)21(27-24)16-20(18(3)4)14-19-10-11-22(29-6)23(15-19)32-13-9-12-28-5/h10-11,15,18,20-21H,7-9,12-14,16-17H2,1-6H3/t20-,21+/m1/s1. The number of hydrogen-bond acceptors (Lipinski definition) is 7. The molecule has 1 aromatic rings. The molecule has 0 saturated carbocycles. The molecule has 0 radical (unpaired) electrons. The van der Waals surface area contributed by atoms with Crippen LogP contribution in [0.15, 0.2) is 28.2 Å². The Bertz CT molecular complexity index is 748. The second-order valence-corrected chi connectivity index (χ2v) is 8.18. The number of ether oxygens (including phenoxy) is 5. The number of nitrogens with zero attached hydrogens (tertiary/aromatic N) is 2. The van der Waals surface area contributed by atoms with E-state index < -0.39 is 0 Å². The van der Waals surface area contributed by atoms with Crippen LogP contribution < -0.4 is 9.47 Å². The van der Waals surface area contributed by atoms with Gasteiger partial charge in [-0.25, -0.2) is 9.98 Å². The molecule has 0 aliphatic carbocycles. The van der Waals surface area contributed by atoms with Crippen LogP contribution >= 0.6 is 0 Å².